The van der Waals surface area contributed by atoms with Gasteiger partial charge in [-0.25, -0.2) is 0 Å². The van der Waals surface area contributed by atoms with Crippen LogP contribution < -0.4 is 5.32 Å². The zero-order valence-electron chi connectivity index (χ0n) is 14.5. The molecule has 1 aromatic carbocycles. The lowest BCUT2D eigenvalue weighted by Gasteiger charge is -2.26. The lowest BCUT2D eigenvalue weighted by molar-refractivity contribution is 0.0929. The molecule has 24 heavy (non-hydrogen) atoms. The fourth-order valence-corrected chi connectivity index (χ4v) is 4.20. The van der Waals surface area contributed by atoms with E-state index in [2.05, 4.69) is 24.1 Å². The van der Waals surface area contributed by atoms with Gasteiger partial charge < -0.3 is 14.6 Å². The van der Waals surface area contributed by atoms with Crippen molar-refractivity contribution in [3.05, 3.63) is 35.6 Å². The Bertz CT molecular complexity index is 727. The first kappa shape index (κ1) is 15.7. The van der Waals surface area contributed by atoms with Gasteiger partial charge in [0, 0.05) is 29.1 Å². The molecule has 1 amide bonds. The van der Waals surface area contributed by atoms with Crippen molar-refractivity contribution in [2.75, 3.05) is 19.6 Å². The molecule has 0 spiro atoms. The van der Waals surface area contributed by atoms with Gasteiger partial charge in [0.2, 0.25) is 0 Å². The van der Waals surface area contributed by atoms with Gasteiger partial charge in [-0.2, -0.15) is 0 Å². The van der Waals surface area contributed by atoms with E-state index in [1.165, 1.54) is 31.5 Å². The third-order valence-electron chi connectivity index (χ3n) is 5.63. The SMILES string of the molecule is CC(C)c1coc2cc(C(=O)NC3CC4CCN(CC4)C3)ccc12. The Morgan fingerprint density at radius 2 is 2.08 bits per heavy atom. The van der Waals surface area contributed by atoms with Gasteiger partial charge >= 0.3 is 0 Å². The van der Waals surface area contributed by atoms with Crippen LogP contribution in [-0.2, 0) is 0 Å². The standard InChI is InChI=1S/C20H26N2O2/c1-13(2)18-12-24-19-10-15(3-4-17(18)19)20(23)21-16-9-14-5-7-22(11-16)8-6-14/h3-4,10,12-14,16H,5-9,11H2,1-2H3,(H,21,23). The number of furan rings is 1. The average Bonchev–Trinajstić information content (AvgIpc) is 2.79. The molecule has 2 bridgehead atoms. The molecular formula is C20H26N2O2. The van der Waals surface area contributed by atoms with Crippen LogP contribution in [0.15, 0.2) is 28.9 Å². The second kappa shape index (κ2) is 6.25. The highest BCUT2D eigenvalue weighted by molar-refractivity contribution is 5.98. The molecule has 0 aliphatic carbocycles. The Labute approximate surface area is 143 Å². The number of carbonyl (C=O) groups excluding carboxylic acids is 1. The molecule has 4 nitrogen and oxygen atoms in total. The van der Waals surface area contributed by atoms with Crippen LogP contribution in [0.4, 0.5) is 0 Å². The molecule has 3 aliphatic heterocycles. The van der Waals surface area contributed by atoms with Crippen molar-refractivity contribution in [2.24, 2.45) is 5.92 Å². The summed E-state index contributed by atoms with van der Waals surface area (Å²) in [5, 5.41) is 4.36. The summed E-state index contributed by atoms with van der Waals surface area (Å²) in [5.74, 6) is 1.21. The quantitative estimate of drug-likeness (QED) is 0.934. The molecule has 0 radical (unpaired) electrons. The highest BCUT2D eigenvalue weighted by atomic mass is 16.3. The van der Waals surface area contributed by atoms with Gasteiger partial charge in [-0.05, 0) is 56.3 Å². The van der Waals surface area contributed by atoms with Gasteiger partial charge in [-0.15, -0.1) is 0 Å². The number of nitrogens with one attached hydrogen (secondary N) is 1. The maximum Gasteiger partial charge on any atom is 0.251 e. The summed E-state index contributed by atoms with van der Waals surface area (Å²) in [6.07, 6.45) is 5.49. The number of rotatable bonds is 3. The normalized spacial score (nSPS) is 26.7. The van der Waals surface area contributed by atoms with E-state index in [1.807, 2.05) is 24.5 Å². The number of hydrogen-bond donors (Lipinski definition) is 1. The predicted octanol–water partition coefficient (Wildman–Crippen LogP) is 3.77. The van der Waals surface area contributed by atoms with E-state index in [1.54, 1.807) is 0 Å². The Balaban J connectivity index is 1.51. The van der Waals surface area contributed by atoms with Crippen LogP contribution in [0.1, 0.15) is 54.9 Å². The van der Waals surface area contributed by atoms with Crippen LogP contribution >= 0.6 is 0 Å². The molecule has 3 aliphatic rings. The minimum Gasteiger partial charge on any atom is -0.464 e. The van der Waals surface area contributed by atoms with Crippen LogP contribution in [0.2, 0.25) is 0 Å². The molecule has 1 aromatic heterocycles. The monoisotopic (exact) mass is 326 g/mol. The van der Waals surface area contributed by atoms with Gasteiger partial charge in [0.1, 0.15) is 5.58 Å². The fourth-order valence-electron chi connectivity index (χ4n) is 4.20. The topological polar surface area (TPSA) is 45.5 Å². The lowest BCUT2D eigenvalue weighted by atomic mass is 9.94. The molecule has 128 valence electrons. The summed E-state index contributed by atoms with van der Waals surface area (Å²) in [4.78, 5) is 15.2. The molecule has 3 fully saturated rings. The number of fused-ring (bicyclic) bond motifs is 5. The number of benzene rings is 1. The minimum absolute atomic E-state index is 0.0203. The smallest absolute Gasteiger partial charge is 0.251 e. The van der Waals surface area contributed by atoms with Crippen molar-refractivity contribution in [3.63, 3.8) is 0 Å². The number of hydrogen-bond acceptors (Lipinski definition) is 3. The fraction of sp³-hybridized carbons (Fsp3) is 0.550. The number of carbonyl (C=O) groups is 1. The highest BCUT2D eigenvalue weighted by Gasteiger charge is 2.30. The van der Waals surface area contributed by atoms with Gasteiger partial charge in [-0.1, -0.05) is 19.9 Å². The zero-order valence-corrected chi connectivity index (χ0v) is 14.5. The third kappa shape index (κ3) is 2.95. The van der Waals surface area contributed by atoms with Crippen molar-refractivity contribution in [3.8, 4) is 0 Å². The second-order valence-electron chi connectivity index (χ2n) is 7.71. The van der Waals surface area contributed by atoms with E-state index in [9.17, 15) is 4.79 Å². The summed E-state index contributed by atoms with van der Waals surface area (Å²) in [5.41, 5.74) is 2.69. The molecule has 4 heterocycles. The van der Waals surface area contributed by atoms with Crippen molar-refractivity contribution in [1.29, 1.82) is 0 Å². The molecule has 2 aromatic rings. The zero-order chi connectivity index (χ0) is 16.7. The largest absolute Gasteiger partial charge is 0.464 e. The second-order valence-corrected chi connectivity index (χ2v) is 7.71. The summed E-state index contributed by atoms with van der Waals surface area (Å²) in [6, 6.07) is 6.09. The van der Waals surface area contributed by atoms with E-state index in [0.717, 1.165) is 29.9 Å². The molecule has 0 saturated carbocycles. The van der Waals surface area contributed by atoms with E-state index in [0.29, 0.717) is 11.5 Å². The molecule has 5 rings (SSSR count). The maximum absolute atomic E-state index is 12.7. The Morgan fingerprint density at radius 1 is 1.29 bits per heavy atom. The third-order valence-corrected chi connectivity index (χ3v) is 5.63. The average molecular weight is 326 g/mol. The number of piperidine rings is 1. The predicted molar refractivity (Wildman–Crippen MR) is 95.3 cm³/mol. The first-order valence-electron chi connectivity index (χ1n) is 9.14. The maximum atomic E-state index is 12.7. The highest BCUT2D eigenvalue weighted by Crippen LogP contribution is 2.29. The van der Waals surface area contributed by atoms with E-state index >= 15 is 0 Å². The summed E-state index contributed by atoms with van der Waals surface area (Å²) >= 11 is 0. The van der Waals surface area contributed by atoms with Gasteiger partial charge in [0.25, 0.3) is 5.91 Å². The van der Waals surface area contributed by atoms with E-state index in [4.69, 9.17) is 4.42 Å². The van der Waals surface area contributed by atoms with E-state index < -0.39 is 0 Å². The van der Waals surface area contributed by atoms with Gasteiger partial charge in [0.15, 0.2) is 0 Å². The Hall–Kier alpha value is -1.81. The summed E-state index contributed by atoms with van der Waals surface area (Å²) in [6.45, 7) is 7.67. The molecule has 1 atom stereocenters. The summed E-state index contributed by atoms with van der Waals surface area (Å²) < 4.78 is 5.67. The van der Waals surface area contributed by atoms with Gasteiger partial charge in [-0.3, -0.25) is 4.79 Å². The van der Waals surface area contributed by atoms with Crippen molar-refractivity contribution >= 4 is 16.9 Å². The van der Waals surface area contributed by atoms with Crippen LogP contribution in [0, 0.1) is 5.92 Å². The number of nitrogens with zero attached hydrogens (tertiary/aromatic N) is 1. The molecule has 3 saturated heterocycles. The summed E-state index contributed by atoms with van der Waals surface area (Å²) in [7, 11) is 0. The molecule has 1 unspecified atom stereocenters. The Morgan fingerprint density at radius 3 is 2.83 bits per heavy atom. The molecule has 4 heteroatoms. The number of amides is 1. The van der Waals surface area contributed by atoms with Crippen molar-refractivity contribution in [1.82, 2.24) is 10.2 Å². The van der Waals surface area contributed by atoms with Crippen molar-refractivity contribution in [2.45, 2.75) is 45.1 Å². The Kier molecular flexibility index (Phi) is 4.09. The van der Waals surface area contributed by atoms with Crippen LogP contribution in [0.25, 0.3) is 11.0 Å². The van der Waals surface area contributed by atoms with Crippen molar-refractivity contribution < 1.29 is 9.21 Å². The van der Waals surface area contributed by atoms with Crippen LogP contribution in [0.3, 0.4) is 0 Å². The first-order chi connectivity index (χ1) is 11.6. The van der Waals surface area contributed by atoms with Crippen LogP contribution in [-0.4, -0.2) is 36.5 Å². The van der Waals surface area contributed by atoms with Crippen LogP contribution in [0.5, 0.6) is 0 Å². The minimum atomic E-state index is 0.0203. The lowest BCUT2D eigenvalue weighted by Crippen LogP contribution is -2.41. The molecular weight excluding hydrogens is 300 g/mol. The van der Waals surface area contributed by atoms with E-state index in [-0.39, 0.29) is 11.9 Å². The van der Waals surface area contributed by atoms with Gasteiger partial charge in [0.05, 0.1) is 6.26 Å². The first-order valence-corrected chi connectivity index (χ1v) is 9.14. The molecule has 1 N–H and O–H groups in total.